The van der Waals surface area contributed by atoms with E-state index < -0.39 is 0 Å². The number of halogens is 1. The molecule has 7 heteroatoms. The minimum Gasteiger partial charge on any atom is -0.497 e. The van der Waals surface area contributed by atoms with E-state index in [-0.39, 0.29) is 5.91 Å². The molecule has 5 nitrogen and oxygen atoms in total. The summed E-state index contributed by atoms with van der Waals surface area (Å²) in [4.78, 5) is 15.3. The molecule has 0 saturated heterocycles. The highest BCUT2D eigenvalue weighted by Crippen LogP contribution is 2.41. The van der Waals surface area contributed by atoms with Crippen molar-refractivity contribution >= 4 is 45.2 Å². The normalized spacial score (nSPS) is 12.9. The van der Waals surface area contributed by atoms with Crippen LogP contribution in [-0.2, 0) is 0 Å². The molecule has 0 fully saturated rings. The average molecular weight is 401 g/mol. The quantitative estimate of drug-likeness (QED) is 0.654. The molecule has 2 heterocycles. The number of nitrogens with one attached hydrogen (secondary N) is 1. The van der Waals surface area contributed by atoms with Crippen LogP contribution in [0.5, 0.6) is 11.5 Å². The first-order chi connectivity index (χ1) is 13.1. The summed E-state index contributed by atoms with van der Waals surface area (Å²) in [7, 11) is 1.61. The lowest BCUT2D eigenvalue weighted by Gasteiger charge is -2.30. The van der Waals surface area contributed by atoms with Gasteiger partial charge in [0.2, 0.25) is 0 Å². The molecular formula is C20H17ClN2O3S. The van der Waals surface area contributed by atoms with E-state index in [1.54, 1.807) is 7.11 Å². The molecule has 0 atom stereocenters. The Morgan fingerprint density at radius 1 is 1.19 bits per heavy atom. The monoisotopic (exact) mass is 400 g/mol. The van der Waals surface area contributed by atoms with Gasteiger partial charge in [-0.15, -0.1) is 11.3 Å². The van der Waals surface area contributed by atoms with E-state index in [0.717, 1.165) is 27.9 Å². The SMILES string of the molecule is COc1ccc(NC(=O)c2ccc(N3CCOc4ccc(Cl)cc43)s2)cc1. The molecule has 1 aromatic heterocycles. The molecule has 1 N–H and O–H groups in total. The third-order valence-corrected chi connectivity index (χ3v) is 5.56. The molecule has 0 aliphatic carbocycles. The van der Waals surface area contributed by atoms with Crippen molar-refractivity contribution in [2.24, 2.45) is 0 Å². The molecule has 2 aromatic carbocycles. The van der Waals surface area contributed by atoms with Crippen molar-refractivity contribution in [3.8, 4) is 11.5 Å². The fraction of sp³-hybridized carbons (Fsp3) is 0.150. The van der Waals surface area contributed by atoms with Gasteiger partial charge in [-0.1, -0.05) is 11.6 Å². The lowest BCUT2D eigenvalue weighted by atomic mass is 10.2. The summed E-state index contributed by atoms with van der Waals surface area (Å²) < 4.78 is 10.8. The fourth-order valence-electron chi connectivity index (χ4n) is 2.88. The lowest BCUT2D eigenvalue weighted by molar-refractivity contribution is 0.103. The summed E-state index contributed by atoms with van der Waals surface area (Å²) in [6.45, 7) is 1.29. The molecule has 1 amide bonds. The van der Waals surface area contributed by atoms with Gasteiger partial charge in [-0.25, -0.2) is 0 Å². The second-order valence-electron chi connectivity index (χ2n) is 5.93. The lowest BCUT2D eigenvalue weighted by Crippen LogP contribution is -2.27. The molecule has 0 saturated carbocycles. The van der Waals surface area contributed by atoms with Crippen LogP contribution in [0.2, 0.25) is 5.02 Å². The first kappa shape index (κ1) is 17.7. The smallest absolute Gasteiger partial charge is 0.265 e. The van der Waals surface area contributed by atoms with Crippen LogP contribution in [0.1, 0.15) is 9.67 Å². The summed E-state index contributed by atoms with van der Waals surface area (Å²) in [5.41, 5.74) is 1.64. The number of benzene rings is 2. The van der Waals surface area contributed by atoms with Crippen LogP contribution >= 0.6 is 22.9 Å². The van der Waals surface area contributed by atoms with Crippen molar-refractivity contribution in [3.05, 3.63) is 64.5 Å². The Morgan fingerprint density at radius 3 is 2.78 bits per heavy atom. The molecule has 0 unspecified atom stereocenters. The number of ether oxygens (including phenoxy) is 2. The number of fused-ring (bicyclic) bond motifs is 1. The largest absolute Gasteiger partial charge is 0.497 e. The van der Waals surface area contributed by atoms with Gasteiger partial charge in [0.05, 0.1) is 29.2 Å². The van der Waals surface area contributed by atoms with Crippen LogP contribution < -0.4 is 19.7 Å². The van der Waals surface area contributed by atoms with Crippen molar-refractivity contribution in [1.82, 2.24) is 0 Å². The second kappa shape index (κ2) is 7.50. The predicted octanol–water partition coefficient (Wildman–Crippen LogP) is 5.19. The minimum absolute atomic E-state index is 0.143. The number of hydrogen-bond donors (Lipinski definition) is 1. The number of carbonyl (C=O) groups excluding carboxylic acids is 1. The fourth-order valence-corrected chi connectivity index (χ4v) is 3.99. The van der Waals surface area contributed by atoms with Crippen LogP contribution in [0.4, 0.5) is 16.4 Å². The van der Waals surface area contributed by atoms with Gasteiger partial charge in [-0.05, 0) is 54.6 Å². The van der Waals surface area contributed by atoms with Crippen molar-refractivity contribution in [1.29, 1.82) is 0 Å². The van der Waals surface area contributed by atoms with E-state index in [1.165, 1.54) is 11.3 Å². The summed E-state index contributed by atoms with van der Waals surface area (Å²) >= 11 is 7.58. The number of carbonyl (C=O) groups is 1. The molecule has 27 heavy (non-hydrogen) atoms. The maximum Gasteiger partial charge on any atom is 0.265 e. The Labute approximate surface area is 166 Å². The highest BCUT2D eigenvalue weighted by atomic mass is 35.5. The molecule has 1 aliphatic heterocycles. The van der Waals surface area contributed by atoms with E-state index in [9.17, 15) is 4.79 Å². The van der Waals surface area contributed by atoms with Gasteiger partial charge >= 0.3 is 0 Å². The molecule has 138 valence electrons. The van der Waals surface area contributed by atoms with Gasteiger partial charge < -0.3 is 19.7 Å². The summed E-state index contributed by atoms with van der Waals surface area (Å²) in [6, 6.07) is 16.6. The number of rotatable bonds is 4. The van der Waals surface area contributed by atoms with E-state index in [1.807, 2.05) is 54.6 Å². The molecule has 0 radical (unpaired) electrons. The van der Waals surface area contributed by atoms with Gasteiger partial charge in [0, 0.05) is 10.7 Å². The topological polar surface area (TPSA) is 50.8 Å². The Balaban J connectivity index is 1.53. The second-order valence-corrected chi connectivity index (χ2v) is 7.43. The summed E-state index contributed by atoms with van der Waals surface area (Å²) in [5.74, 6) is 1.40. The van der Waals surface area contributed by atoms with Gasteiger partial charge in [0.1, 0.15) is 18.1 Å². The zero-order valence-corrected chi connectivity index (χ0v) is 16.1. The molecular weight excluding hydrogens is 384 g/mol. The van der Waals surface area contributed by atoms with Crippen molar-refractivity contribution in [2.45, 2.75) is 0 Å². The number of thiophene rings is 1. The summed E-state index contributed by atoms with van der Waals surface area (Å²) in [5, 5.41) is 4.53. The number of methoxy groups -OCH3 is 1. The van der Waals surface area contributed by atoms with E-state index >= 15 is 0 Å². The van der Waals surface area contributed by atoms with Gasteiger partial charge in [0.25, 0.3) is 5.91 Å². The zero-order chi connectivity index (χ0) is 18.8. The summed E-state index contributed by atoms with van der Waals surface area (Å²) in [6.07, 6.45) is 0. The van der Waals surface area contributed by atoms with E-state index in [4.69, 9.17) is 21.1 Å². The van der Waals surface area contributed by atoms with Crippen LogP contribution in [0, 0.1) is 0 Å². The average Bonchev–Trinajstić information content (AvgIpc) is 3.18. The third kappa shape index (κ3) is 3.72. The molecule has 1 aliphatic rings. The zero-order valence-electron chi connectivity index (χ0n) is 14.6. The van der Waals surface area contributed by atoms with Crippen molar-refractivity contribution in [2.75, 3.05) is 30.5 Å². The number of anilines is 3. The maximum absolute atomic E-state index is 12.6. The Morgan fingerprint density at radius 2 is 2.00 bits per heavy atom. The van der Waals surface area contributed by atoms with E-state index in [2.05, 4.69) is 10.2 Å². The van der Waals surface area contributed by atoms with Gasteiger partial charge in [0.15, 0.2) is 0 Å². The third-order valence-electron chi connectivity index (χ3n) is 4.21. The molecule has 4 rings (SSSR count). The van der Waals surface area contributed by atoms with Crippen LogP contribution in [0.15, 0.2) is 54.6 Å². The molecule has 3 aromatic rings. The predicted molar refractivity (Wildman–Crippen MR) is 109 cm³/mol. The maximum atomic E-state index is 12.6. The van der Waals surface area contributed by atoms with Crippen molar-refractivity contribution < 1.29 is 14.3 Å². The Hall–Kier alpha value is -2.70. The first-order valence-corrected chi connectivity index (χ1v) is 9.58. The highest BCUT2D eigenvalue weighted by molar-refractivity contribution is 7.18. The Bertz CT molecular complexity index is 972. The van der Waals surface area contributed by atoms with Crippen molar-refractivity contribution in [3.63, 3.8) is 0 Å². The van der Waals surface area contributed by atoms with E-state index in [0.29, 0.717) is 23.1 Å². The standard InChI is InChI=1S/C20H17ClN2O3S/c1-25-15-5-3-14(4-6-15)22-20(24)18-8-9-19(27-18)23-10-11-26-17-7-2-13(21)12-16(17)23/h2-9,12H,10-11H2,1H3,(H,22,24). The minimum atomic E-state index is -0.143. The highest BCUT2D eigenvalue weighted by Gasteiger charge is 2.22. The number of amides is 1. The van der Waals surface area contributed by atoms with Crippen LogP contribution in [-0.4, -0.2) is 26.2 Å². The van der Waals surface area contributed by atoms with Gasteiger partial charge in [-0.3, -0.25) is 4.79 Å². The molecule has 0 spiro atoms. The first-order valence-electron chi connectivity index (χ1n) is 8.39. The number of hydrogen-bond acceptors (Lipinski definition) is 5. The van der Waals surface area contributed by atoms with Crippen LogP contribution in [0.25, 0.3) is 0 Å². The van der Waals surface area contributed by atoms with Gasteiger partial charge in [-0.2, -0.15) is 0 Å². The Kier molecular flexibility index (Phi) is 4.92. The molecule has 0 bridgehead atoms. The number of nitrogens with zero attached hydrogens (tertiary/aromatic N) is 1. The van der Waals surface area contributed by atoms with Crippen LogP contribution in [0.3, 0.4) is 0 Å².